The van der Waals surface area contributed by atoms with E-state index in [0.717, 1.165) is 22.7 Å². The topological polar surface area (TPSA) is 69.7 Å². The van der Waals surface area contributed by atoms with Crippen LogP contribution in [0.15, 0.2) is 23.6 Å². The van der Waals surface area contributed by atoms with Gasteiger partial charge in [-0.3, -0.25) is 4.79 Å². The third kappa shape index (κ3) is 4.94. The smallest absolute Gasteiger partial charge is 0.226 e. The maximum absolute atomic E-state index is 11.9. The molecule has 0 aliphatic rings. The molecule has 24 heavy (non-hydrogen) atoms. The molecule has 0 aliphatic heterocycles. The Labute approximate surface area is 145 Å². The Morgan fingerprint density at radius 1 is 1.21 bits per heavy atom. The molecule has 0 radical (unpaired) electrons. The molecule has 0 saturated carbocycles. The second-order valence-electron chi connectivity index (χ2n) is 5.09. The number of benzene rings is 1. The number of nitrogens with one attached hydrogen (secondary N) is 1. The largest absolute Gasteiger partial charge is 0.493 e. The molecule has 2 aromatic rings. The van der Waals surface area contributed by atoms with Crippen molar-refractivity contribution in [2.24, 2.45) is 0 Å². The summed E-state index contributed by atoms with van der Waals surface area (Å²) in [7, 11) is 4.85. The molecular weight excluding hydrogens is 328 g/mol. The molecule has 0 fully saturated rings. The van der Waals surface area contributed by atoms with Crippen LogP contribution in [0.25, 0.3) is 10.6 Å². The van der Waals surface area contributed by atoms with Crippen LogP contribution >= 0.6 is 11.3 Å². The molecule has 0 saturated heterocycles. The quantitative estimate of drug-likeness (QED) is 0.704. The van der Waals surface area contributed by atoms with Crippen molar-refractivity contribution >= 4 is 17.2 Å². The van der Waals surface area contributed by atoms with E-state index in [2.05, 4.69) is 10.3 Å². The monoisotopic (exact) mass is 350 g/mol. The number of rotatable bonds is 9. The molecule has 7 heteroatoms. The number of carbonyl (C=O) groups is 1. The van der Waals surface area contributed by atoms with Crippen LogP contribution in [0.1, 0.15) is 12.1 Å². The van der Waals surface area contributed by atoms with Gasteiger partial charge >= 0.3 is 0 Å². The first-order chi connectivity index (χ1) is 11.7. The fourth-order valence-corrected chi connectivity index (χ4v) is 2.98. The zero-order valence-corrected chi connectivity index (χ0v) is 14.9. The van der Waals surface area contributed by atoms with Crippen molar-refractivity contribution in [2.75, 3.05) is 34.5 Å². The molecule has 0 spiro atoms. The van der Waals surface area contributed by atoms with Crippen LogP contribution in [0, 0.1) is 0 Å². The van der Waals surface area contributed by atoms with Crippen LogP contribution in [0.2, 0.25) is 0 Å². The Bertz CT molecular complexity index is 672. The molecule has 0 atom stereocenters. The van der Waals surface area contributed by atoms with Gasteiger partial charge in [0.15, 0.2) is 11.5 Å². The van der Waals surface area contributed by atoms with Gasteiger partial charge in [0.1, 0.15) is 5.01 Å². The molecule has 130 valence electrons. The summed E-state index contributed by atoms with van der Waals surface area (Å²) < 4.78 is 15.5. The van der Waals surface area contributed by atoms with Crippen LogP contribution in [-0.2, 0) is 16.0 Å². The molecule has 0 aliphatic carbocycles. The Balaban J connectivity index is 1.99. The summed E-state index contributed by atoms with van der Waals surface area (Å²) in [6.07, 6.45) is 1.08. The number of carbonyl (C=O) groups excluding carboxylic acids is 1. The van der Waals surface area contributed by atoms with E-state index in [9.17, 15) is 4.79 Å². The van der Waals surface area contributed by atoms with E-state index < -0.39 is 0 Å². The number of amides is 1. The van der Waals surface area contributed by atoms with Crippen LogP contribution in [-0.4, -0.2) is 45.4 Å². The Morgan fingerprint density at radius 3 is 2.71 bits per heavy atom. The predicted molar refractivity (Wildman–Crippen MR) is 93.9 cm³/mol. The van der Waals surface area contributed by atoms with Gasteiger partial charge in [0.2, 0.25) is 5.91 Å². The molecular formula is C17H22N2O4S. The summed E-state index contributed by atoms with van der Waals surface area (Å²) in [4.78, 5) is 16.4. The zero-order valence-electron chi connectivity index (χ0n) is 14.1. The standard InChI is InChI=1S/C17H22N2O4S/c1-21-8-4-7-18-16(20)10-13-11-24-17(19-13)12-5-6-14(22-2)15(9-12)23-3/h5-6,9,11H,4,7-8,10H2,1-3H3,(H,18,20). The van der Waals surface area contributed by atoms with Gasteiger partial charge in [-0.1, -0.05) is 0 Å². The highest BCUT2D eigenvalue weighted by molar-refractivity contribution is 7.13. The van der Waals surface area contributed by atoms with Crippen molar-refractivity contribution in [3.63, 3.8) is 0 Å². The van der Waals surface area contributed by atoms with E-state index in [0.29, 0.717) is 24.7 Å². The number of nitrogens with zero attached hydrogens (tertiary/aromatic N) is 1. The number of ether oxygens (including phenoxy) is 3. The van der Waals surface area contributed by atoms with E-state index in [1.54, 1.807) is 21.3 Å². The predicted octanol–water partition coefficient (Wildman–Crippen LogP) is 2.52. The summed E-state index contributed by atoms with van der Waals surface area (Å²) >= 11 is 1.50. The third-order valence-electron chi connectivity index (χ3n) is 3.37. The van der Waals surface area contributed by atoms with E-state index >= 15 is 0 Å². The Morgan fingerprint density at radius 2 is 2.00 bits per heavy atom. The fraction of sp³-hybridized carbons (Fsp3) is 0.412. The number of aromatic nitrogens is 1. The highest BCUT2D eigenvalue weighted by atomic mass is 32.1. The number of methoxy groups -OCH3 is 3. The van der Waals surface area contributed by atoms with Crippen molar-refractivity contribution in [3.8, 4) is 22.1 Å². The van der Waals surface area contributed by atoms with Gasteiger partial charge < -0.3 is 19.5 Å². The lowest BCUT2D eigenvalue weighted by atomic mass is 10.2. The number of hydrogen-bond donors (Lipinski definition) is 1. The highest BCUT2D eigenvalue weighted by Gasteiger charge is 2.11. The second-order valence-corrected chi connectivity index (χ2v) is 5.94. The van der Waals surface area contributed by atoms with Crippen LogP contribution in [0.4, 0.5) is 0 Å². The van der Waals surface area contributed by atoms with Gasteiger partial charge in [0, 0.05) is 31.2 Å². The van der Waals surface area contributed by atoms with E-state index in [1.807, 2.05) is 23.6 Å². The van der Waals surface area contributed by atoms with Gasteiger partial charge in [0.25, 0.3) is 0 Å². The minimum atomic E-state index is -0.0322. The molecule has 1 aromatic heterocycles. The summed E-state index contributed by atoms with van der Waals surface area (Å²) in [6.45, 7) is 1.25. The molecule has 1 N–H and O–H groups in total. The number of thiazole rings is 1. The van der Waals surface area contributed by atoms with Crippen molar-refractivity contribution in [1.82, 2.24) is 10.3 Å². The van der Waals surface area contributed by atoms with Crippen molar-refractivity contribution in [2.45, 2.75) is 12.8 Å². The average molecular weight is 350 g/mol. The summed E-state index contributed by atoms with van der Waals surface area (Å²) in [5.41, 5.74) is 1.69. The van der Waals surface area contributed by atoms with Gasteiger partial charge in [-0.05, 0) is 24.6 Å². The summed E-state index contributed by atoms with van der Waals surface area (Å²) in [5.74, 6) is 1.30. The average Bonchev–Trinajstić information content (AvgIpc) is 3.06. The van der Waals surface area contributed by atoms with Gasteiger partial charge in [0.05, 0.1) is 26.3 Å². The second kappa shape index (κ2) is 9.24. The first-order valence-corrected chi connectivity index (χ1v) is 8.48. The van der Waals surface area contributed by atoms with Crippen molar-refractivity contribution in [1.29, 1.82) is 0 Å². The lowest BCUT2D eigenvalue weighted by Gasteiger charge is -2.08. The van der Waals surface area contributed by atoms with Crippen LogP contribution in [0.5, 0.6) is 11.5 Å². The Kier molecular flexibility index (Phi) is 7.02. The maximum atomic E-state index is 11.9. The third-order valence-corrected chi connectivity index (χ3v) is 4.31. The van der Waals surface area contributed by atoms with Crippen LogP contribution in [0.3, 0.4) is 0 Å². The van der Waals surface area contributed by atoms with Gasteiger partial charge in [-0.25, -0.2) is 4.98 Å². The molecule has 1 aromatic carbocycles. The van der Waals surface area contributed by atoms with E-state index in [4.69, 9.17) is 14.2 Å². The normalized spacial score (nSPS) is 10.5. The molecule has 0 unspecified atom stereocenters. The molecule has 1 heterocycles. The Hall–Kier alpha value is -2.12. The zero-order chi connectivity index (χ0) is 17.4. The van der Waals surface area contributed by atoms with Crippen molar-refractivity contribution in [3.05, 3.63) is 29.3 Å². The fourth-order valence-electron chi connectivity index (χ4n) is 2.16. The minimum absolute atomic E-state index is 0.0322. The number of hydrogen-bond acceptors (Lipinski definition) is 6. The highest BCUT2D eigenvalue weighted by Crippen LogP contribution is 2.33. The molecule has 1 amide bonds. The minimum Gasteiger partial charge on any atom is -0.493 e. The molecule has 0 bridgehead atoms. The lowest BCUT2D eigenvalue weighted by molar-refractivity contribution is -0.120. The summed E-state index contributed by atoms with van der Waals surface area (Å²) in [6, 6.07) is 5.65. The van der Waals surface area contributed by atoms with E-state index in [1.165, 1.54) is 11.3 Å². The first kappa shape index (κ1) is 18.2. The SMILES string of the molecule is COCCCNC(=O)Cc1csc(-c2ccc(OC)c(OC)c2)n1. The lowest BCUT2D eigenvalue weighted by Crippen LogP contribution is -2.26. The van der Waals surface area contributed by atoms with Gasteiger partial charge in [-0.2, -0.15) is 0 Å². The van der Waals surface area contributed by atoms with Crippen LogP contribution < -0.4 is 14.8 Å². The maximum Gasteiger partial charge on any atom is 0.226 e. The van der Waals surface area contributed by atoms with Gasteiger partial charge in [-0.15, -0.1) is 11.3 Å². The van der Waals surface area contributed by atoms with Crippen molar-refractivity contribution < 1.29 is 19.0 Å². The molecule has 6 nitrogen and oxygen atoms in total. The molecule has 2 rings (SSSR count). The summed E-state index contributed by atoms with van der Waals surface area (Å²) in [5, 5.41) is 5.61. The first-order valence-electron chi connectivity index (χ1n) is 7.60. The van der Waals surface area contributed by atoms with E-state index in [-0.39, 0.29) is 12.3 Å².